The van der Waals surface area contributed by atoms with Gasteiger partial charge in [-0.2, -0.15) is 0 Å². The lowest BCUT2D eigenvalue weighted by Crippen LogP contribution is -2.55. The molecule has 0 saturated heterocycles. The second-order valence-electron chi connectivity index (χ2n) is 8.79. The molecule has 0 heterocycles. The van der Waals surface area contributed by atoms with Gasteiger partial charge in [0.05, 0.1) is 6.10 Å². The molecule has 2 fully saturated rings. The first-order valence-corrected chi connectivity index (χ1v) is 10.1. The quantitative estimate of drug-likeness (QED) is 0.461. The Morgan fingerprint density at radius 1 is 1.30 bits per heavy atom. The number of esters is 1. The standard InChI is InChI=1S/C24H32O3/c1-16(2)19-14-15-24(4)20(25)12-10-17(3)22(24)23(19)27-21(26)13-11-18-8-6-5-7-9-18/h5-9,11,13,16,19-20,22-23,25H,3,10,12,14-15H2,1-2,4H3/b13-11+/t19-,20+,22+,23+,24-/m0/s1. The van der Waals surface area contributed by atoms with Gasteiger partial charge in [-0.1, -0.05) is 63.3 Å². The maximum absolute atomic E-state index is 12.6. The third kappa shape index (κ3) is 4.03. The third-order valence-corrected chi connectivity index (χ3v) is 6.74. The molecule has 5 atom stereocenters. The fourth-order valence-corrected chi connectivity index (χ4v) is 5.07. The summed E-state index contributed by atoms with van der Waals surface area (Å²) in [5.41, 5.74) is 1.84. The Morgan fingerprint density at radius 2 is 2.00 bits per heavy atom. The summed E-state index contributed by atoms with van der Waals surface area (Å²) in [6.07, 6.45) is 6.21. The molecule has 0 radical (unpaired) electrons. The molecule has 0 unspecified atom stereocenters. The van der Waals surface area contributed by atoms with Gasteiger partial charge in [0, 0.05) is 17.4 Å². The normalized spacial score (nSPS) is 33.9. The Morgan fingerprint density at radius 3 is 2.67 bits per heavy atom. The van der Waals surface area contributed by atoms with Crippen LogP contribution in [-0.4, -0.2) is 23.3 Å². The molecule has 3 nitrogen and oxygen atoms in total. The molecule has 1 aromatic rings. The molecular formula is C24H32O3. The van der Waals surface area contributed by atoms with Gasteiger partial charge in [0.1, 0.15) is 6.10 Å². The molecule has 1 aromatic carbocycles. The Kier molecular flexibility index (Phi) is 5.90. The maximum atomic E-state index is 12.6. The molecule has 0 aromatic heterocycles. The van der Waals surface area contributed by atoms with Crippen LogP contribution in [0.1, 0.15) is 52.0 Å². The van der Waals surface area contributed by atoms with E-state index in [0.29, 0.717) is 11.8 Å². The highest BCUT2D eigenvalue weighted by Gasteiger charge is 2.54. The molecule has 146 valence electrons. The smallest absolute Gasteiger partial charge is 0.331 e. The van der Waals surface area contributed by atoms with Crippen LogP contribution in [0.25, 0.3) is 6.08 Å². The lowest BCUT2D eigenvalue weighted by molar-refractivity contribution is -0.169. The second kappa shape index (κ2) is 8.02. The van der Waals surface area contributed by atoms with Crippen LogP contribution in [-0.2, 0) is 9.53 Å². The molecule has 2 aliphatic rings. The van der Waals surface area contributed by atoms with Gasteiger partial charge in [-0.05, 0) is 49.2 Å². The van der Waals surface area contributed by atoms with Crippen LogP contribution in [0.3, 0.4) is 0 Å². The van der Waals surface area contributed by atoms with Crippen LogP contribution in [0.5, 0.6) is 0 Å². The number of hydrogen-bond donors (Lipinski definition) is 1. The molecule has 0 aliphatic heterocycles. The first-order valence-electron chi connectivity index (χ1n) is 10.1. The fourth-order valence-electron chi connectivity index (χ4n) is 5.07. The number of carbonyl (C=O) groups excluding carboxylic acids is 1. The minimum absolute atomic E-state index is 0.0245. The van der Waals surface area contributed by atoms with E-state index in [1.165, 1.54) is 6.08 Å². The number of rotatable bonds is 4. The summed E-state index contributed by atoms with van der Waals surface area (Å²) < 4.78 is 6.04. The number of hydrogen-bond acceptors (Lipinski definition) is 3. The molecule has 3 heteroatoms. The zero-order valence-electron chi connectivity index (χ0n) is 16.7. The number of benzene rings is 1. The Labute approximate surface area is 163 Å². The fraction of sp³-hybridized carbons (Fsp3) is 0.542. The highest BCUT2D eigenvalue weighted by atomic mass is 16.5. The van der Waals surface area contributed by atoms with E-state index in [2.05, 4.69) is 27.4 Å². The Balaban J connectivity index is 1.83. The highest BCUT2D eigenvalue weighted by Crippen LogP contribution is 2.55. The van der Waals surface area contributed by atoms with E-state index in [1.807, 2.05) is 30.3 Å². The van der Waals surface area contributed by atoms with E-state index < -0.39 is 0 Å². The van der Waals surface area contributed by atoms with E-state index in [1.54, 1.807) is 6.08 Å². The van der Waals surface area contributed by atoms with E-state index >= 15 is 0 Å². The van der Waals surface area contributed by atoms with Crippen molar-refractivity contribution < 1.29 is 14.6 Å². The van der Waals surface area contributed by atoms with E-state index in [-0.39, 0.29) is 29.5 Å². The van der Waals surface area contributed by atoms with Crippen LogP contribution < -0.4 is 0 Å². The second-order valence-corrected chi connectivity index (χ2v) is 8.79. The van der Waals surface area contributed by atoms with Crippen molar-refractivity contribution in [3.63, 3.8) is 0 Å². The number of ether oxygens (including phenoxy) is 1. The molecule has 0 amide bonds. The van der Waals surface area contributed by atoms with Crippen LogP contribution in [0, 0.1) is 23.2 Å². The summed E-state index contributed by atoms with van der Waals surface area (Å²) in [7, 11) is 0. The summed E-state index contributed by atoms with van der Waals surface area (Å²) in [6, 6.07) is 9.75. The van der Waals surface area contributed by atoms with E-state index in [0.717, 1.165) is 36.8 Å². The van der Waals surface area contributed by atoms with Gasteiger partial charge in [-0.25, -0.2) is 4.79 Å². The predicted octanol–water partition coefficient (Wildman–Crippen LogP) is 5.01. The van der Waals surface area contributed by atoms with Gasteiger partial charge < -0.3 is 9.84 Å². The molecule has 1 N–H and O–H groups in total. The molecule has 27 heavy (non-hydrogen) atoms. The Hall–Kier alpha value is -1.87. The number of aliphatic hydroxyl groups excluding tert-OH is 1. The van der Waals surface area contributed by atoms with Crippen molar-refractivity contribution in [3.05, 3.63) is 54.1 Å². The summed E-state index contributed by atoms with van der Waals surface area (Å²) in [6.45, 7) is 10.8. The lowest BCUT2D eigenvalue weighted by Gasteiger charge is -2.55. The SMILES string of the molecule is C=C1CC[C@@H](O)[C@]2(C)CC[C@@H](C(C)C)[C@@H](OC(=O)/C=C/c3ccccc3)[C@@H]12. The van der Waals surface area contributed by atoms with Gasteiger partial charge in [-0.15, -0.1) is 0 Å². The van der Waals surface area contributed by atoms with Crippen molar-refractivity contribution in [2.45, 2.75) is 58.7 Å². The maximum Gasteiger partial charge on any atom is 0.331 e. The summed E-state index contributed by atoms with van der Waals surface area (Å²) >= 11 is 0. The minimum atomic E-state index is -0.359. The van der Waals surface area contributed by atoms with Crippen molar-refractivity contribution in [2.24, 2.45) is 23.2 Å². The lowest BCUT2D eigenvalue weighted by atomic mass is 9.53. The largest absolute Gasteiger partial charge is 0.458 e. The van der Waals surface area contributed by atoms with Crippen molar-refractivity contribution in [3.8, 4) is 0 Å². The zero-order chi connectivity index (χ0) is 19.6. The topological polar surface area (TPSA) is 46.5 Å². The van der Waals surface area contributed by atoms with Gasteiger partial charge in [0.15, 0.2) is 0 Å². The molecular weight excluding hydrogens is 336 g/mol. The van der Waals surface area contributed by atoms with Crippen LogP contribution in [0.4, 0.5) is 0 Å². The molecule has 0 spiro atoms. The zero-order valence-corrected chi connectivity index (χ0v) is 16.7. The van der Waals surface area contributed by atoms with E-state index in [4.69, 9.17) is 4.74 Å². The first kappa shape index (κ1) is 19.9. The summed E-state index contributed by atoms with van der Waals surface area (Å²) in [5.74, 6) is 0.416. The predicted molar refractivity (Wildman–Crippen MR) is 109 cm³/mol. The van der Waals surface area contributed by atoms with Crippen LogP contribution in [0.2, 0.25) is 0 Å². The number of fused-ring (bicyclic) bond motifs is 1. The molecule has 3 rings (SSSR count). The molecule has 2 saturated carbocycles. The van der Waals surface area contributed by atoms with Gasteiger partial charge in [-0.3, -0.25) is 0 Å². The average molecular weight is 369 g/mol. The average Bonchev–Trinajstić information content (AvgIpc) is 2.64. The van der Waals surface area contributed by atoms with Crippen LogP contribution >= 0.6 is 0 Å². The molecule has 0 bridgehead atoms. The summed E-state index contributed by atoms with van der Waals surface area (Å²) in [4.78, 5) is 12.6. The number of aliphatic hydroxyl groups is 1. The van der Waals surface area contributed by atoms with Crippen molar-refractivity contribution in [1.29, 1.82) is 0 Å². The molecule has 2 aliphatic carbocycles. The first-order chi connectivity index (χ1) is 12.8. The van der Waals surface area contributed by atoms with Crippen molar-refractivity contribution >= 4 is 12.0 Å². The van der Waals surface area contributed by atoms with Crippen LogP contribution in [0.15, 0.2) is 48.6 Å². The minimum Gasteiger partial charge on any atom is -0.458 e. The van der Waals surface area contributed by atoms with Crippen molar-refractivity contribution in [2.75, 3.05) is 0 Å². The Bertz CT molecular complexity index is 706. The third-order valence-electron chi connectivity index (χ3n) is 6.74. The van der Waals surface area contributed by atoms with Crippen molar-refractivity contribution in [1.82, 2.24) is 0 Å². The van der Waals surface area contributed by atoms with E-state index in [9.17, 15) is 9.90 Å². The number of carbonyl (C=O) groups is 1. The van der Waals surface area contributed by atoms with Gasteiger partial charge >= 0.3 is 5.97 Å². The summed E-state index contributed by atoms with van der Waals surface area (Å²) in [5, 5.41) is 10.7. The monoisotopic (exact) mass is 368 g/mol. The highest BCUT2D eigenvalue weighted by molar-refractivity contribution is 5.87. The van der Waals surface area contributed by atoms with Gasteiger partial charge in [0.2, 0.25) is 0 Å². The van der Waals surface area contributed by atoms with Gasteiger partial charge in [0.25, 0.3) is 0 Å².